The molecule has 480 valence electrons. The molecule has 88 heavy (non-hydrogen) atoms. The predicted octanol–water partition coefficient (Wildman–Crippen LogP) is 15.5. The number of ether oxygens (including phenoxy) is 4. The first-order chi connectivity index (χ1) is 41.2. The molecule has 0 radical (unpaired) electrons. The van der Waals surface area contributed by atoms with Crippen LogP contribution in [0, 0.1) is 0 Å². The third kappa shape index (κ3) is 18.3. The molecule has 0 bridgehead atoms. The predicted molar refractivity (Wildman–Crippen MR) is 376 cm³/mol. The number of carbonyl (C=O) groups excluding carboxylic acids is 1. The van der Waals surface area contributed by atoms with Gasteiger partial charge in [0.2, 0.25) is 5.91 Å². The number of rotatable bonds is 28. The molecule has 0 spiro atoms. The third-order valence-corrected chi connectivity index (χ3v) is 30.1. The van der Waals surface area contributed by atoms with Crippen LogP contribution in [0.25, 0.3) is 66.6 Å². The van der Waals surface area contributed by atoms with Crippen LogP contribution in [0.3, 0.4) is 0 Å². The molecule has 0 saturated heterocycles. The van der Waals surface area contributed by atoms with Gasteiger partial charge in [0.05, 0.1) is 67.5 Å². The number of aromatic nitrogens is 8. The van der Waals surface area contributed by atoms with E-state index in [4.69, 9.17) is 60.0 Å². The van der Waals surface area contributed by atoms with Crippen LogP contribution >= 0.6 is 12.2 Å². The quantitative estimate of drug-likeness (QED) is 0.0270. The molecule has 22 heteroatoms. The zero-order valence-electron chi connectivity index (χ0n) is 56.7. The number of nitrogens with zero attached hydrogens (tertiary/aromatic N) is 8. The Hall–Kier alpha value is -5.57. The number of hydrogen-bond acceptors (Lipinski definition) is 12. The van der Waals surface area contributed by atoms with Crippen LogP contribution in [0.5, 0.6) is 11.5 Å². The van der Waals surface area contributed by atoms with Crippen molar-refractivity contribution in [2.45, 2.75) is 181 Å². The first kappa shape index (κ1) is 69.9. The van der Waals surface area contributed by atoms with E-state index in [-0.39, 0.29) is 16.0 Å². The molecule has 0 saturated carbocycles. The van der Waals surface area contributed by atoms with Gasteiger partial charge in [-0.1, -0.05) is 93.0 Å². The highest BCUT2D eigenvalue weighted by molar-refractivity contribution is 7.80. The van der Waals surface area contributed by atoms with Crippen molar-refractivity contribution in [3.63, 3.8) is 0 Å². The monoisotopic (exact) mass is 1290 g/mol. The lowest BCUT2D eigenvalue weighted by molar-refractivity contribution is -0.121. The number of methoxy groups -OCH3 is 2. The van der Waals surface area contributed by atoms with Crippen LogP contribution in [-0.4, -0.2) is 123 Å². The van der Waals surface area contributed by atoms with Gasteiger partial charge in [-0.3, -0.25) is 13.9 Å². The van der Waals surface area contributed by atoms with Crippen molar-refractivity contribution in [3.05, 3.63) is 84.7 Å². The van der Waals surface area contributed by atoms with Crippen molar-refractivity contribution >= 4 is 100 Å². The summed E-state index contributed by atoms with van der Waals surface area (Å²) in [4.78, 5) is 33.0. The molecule has 6 heterocycles. The summed E-state index contributed by atoms with van der Waals surface area (Å²) in [5.74, 6) is 1.62. The molecular weight excluding hydrogens is 1190 g/mol. The van der Waals surface area contributed by atoms with E-state index in [2.05, 4.69) is 192 Å². The van der Waals surface area contributed by atoms with Crippen molar-refractivity contribution in [2.75, 3.05) is 40.6 Å². The fourth-order valence-corrected chi connectivity index (χ4v) is 13.5. The molecule has 0 aliphatic rings. The molecule has 2 aromatic carbocycles. The maximum atomic E-state index is 12.6. The van der Waals surface area contributed by atoms with Crippen molar-refractivity contribution in [1.29, 1.82) is 0 Å². The SMILES string of the molecule is COc1ccc2c(c1)c(-c1cc3nc(CNC(=O)CCCO[Si](C)(C)C(C)(C)C)cnc3n1COCC[Si](C)(C)C)cn2C.COc1ccc2c(c1)c(-c1cc3nc(CNC(=S)CCCO[Si](C)(C)C(C)(C)C)cnc3n1COCC[Si](C)(C)C)cn2C. The summed E-state index contributed by atoms with van der Waals surface area (Å²) < 4.78 is 44.6. The Bertz CT molecular complexity index is 3440. The lowest BCUT2D eigenvalue weighted by atomic mass is 10.1. The zero-order chi connectivity index (χ0) is 64.6. The first-order valence-corrected chi connectivity index (χ1v) is 44.8. The van der Waals surface area contributed by atoms with Crippen LogP contribution in [-0.2, 0) is 63.8 Å². The van der Waals surface area contributed by atoms with Gasteiger partial charge < -0.3 is 47.6 Å². The van der Waals surface area contributed by atoms with Gasteiger partial charge in [-0.2, -0.15) is 0 Å². The number of hydrogen-bond donors (Lipinski definition) is 2. The second-order valence-corrected chi connectivity index (χ2v) is 50.2. The minimum atomic E-state index is -1.81. The topological polar surface area (TPSA) is 168 Å². The average molecular weight is 1290 g/mol. The fraction of sp³-hybridized carbons (Fsp3) is 0.545. The molecule has 8 rings (SSSR count). The molecule has 6 aromatic heterocycles. The summed E-state index contributed by atoms with van der Waals surface area (Å²) in [5.41, 5.74) is 11.1. The van der Waals surface area contributed by atoms with Gasteiger partial charge >= 0.3 is 0 Å². The smallest absolute Gasteiger partial charge is 0.220 e. The Kier molecular flexibility index (Phi) is 23.2. The highest BCUT2D eigenvalue weighted by atomic mass is 32.1. The Morgan fingerprint density at radius 1 is 0.568 bits per heavy atom. The Labute approximate surface area is 533 Å². The fourth-order valence-electron chi connectivity index (χ4n) is 9.58. The van der Waals surface area contributed by atoms with Gasteiger partial charge in [-0.05, 0) is 116 Å². The van der Waals surface area contributed by atoms with E-state index in [1.165, 1.54) is 0 Å². The zero-order valence-corrected chi connectivity index (χ0v) is 61.5. The van der Waals surface area contributed by atoms with E-state index in [0.717, 1.165) is 127 Å². The number of aryl methyl sites for hydroxylation is 2. The summed E-state index contributed by atoms with van der Waals surface area (Å²) in [7, 11) is 1.52. The molecule has 0 fully saturated rings. The van der Waals surface area contributed by atoms with Gasteiger partial charge in [0.1, 0.15) is 36.0 Å². The third-order valence-electron chi connectivity index (χ3n) is 17.2. The molecule has 2 N–H and O–H groups in total. The largest absolute Gasteiger partial charge is 0.497 e. The van der Waals surface area contributed by atoms with Gasteiger partial charge in [-0.25, -0.2) is 19.9 Å². The first-order valence-electron chi connectivity index (χ1n) is 31.1. The molecule has 0 unspecified atom stereocenters. The Morgan fingerprint density at radius 3 is 1.38 bits per heavy atom. The van der Waals surface area contributed by atoms with Crippen LogP contribution in [0.4, 0.5) is 0 Å². The molecule has 0 atom stereocenters. The molecular formula is C66H102N10O7SSi4. The highest BCUT2D eigenvalue weighted by Gasteiger charge is 2.38. The van der Waals surface area contributed by atoms with E-state index < -0.39 is 32.8 Å². The number of fused-ring (bicyclic) bond motifs is 4. The maximum absolute atomic E-state index is 12.6. The van der Waals surface area contributed by atoms with Crippen molar-refractivity contribution in [2.24, 2.45) is 14.1 Å². The van der Waals surface area contributed by atoms with Crippen molar-refractivity contribution < 1.29 is 32.6 Å². The normalized spacial score (nSPS) is 12.8. The summed E-state index contributed by atoms with van der Waals surface area (Å²) in [6.07, 6.45) is 10.7. The van der Waals surface area contributed by atoms with Gasteiger partial charge in [0, 0.05) is 108 Å². The molecule has 0 aliphatic heterocycles. The molecule has 17 nitrogen and oxygen atoms in total. The second kappa shape index (κ2) is 29.1. The van der Waals surface area contributed by atoms with E-state index in [1.807, 2.05) is 25.4 Å². The lowest BCUT2D eigenvalue weighted by Gasteiger charge is -2.36. The van der Waals surface area contributed by atoms with E-state index in [0.29, 0.717) is 58.3 Å². The summed E-state index contributed by atoms with van der Waals surface area (Å²) in [6, 6.07) is 18.7. The summed E-state index contributed by atoms with van der Waals surface area (Å²) >= 11 is 5.64. The number of amides is 1. The Morgan fingerprint density at radius 2 is 0.977 bits per heavy atom. The number of nitrogens with one attached hydrogen (secondary N) is 2. The summed E-state index contributed by atoms with van der Waals surface area (Å²) in [6.45, 7) is 41.1. The van der Waals surface area contributed by atoms with Crippen molar-refractivity contribution in [1.82, 2.24) is 48.8 Å². The molecule has 1 amide bonds. The summed E-state index contributed by atoms with van der Waals surface area (Å²) in [5, 5.41) is 8.96. The van der Waals surface area contributed by atoms with E-state index >= 15 is 0 Å². The standard InChI is InChI=1S/C33H51N5O4Si2.C33H51N5O3SSi2/c1-33(2,3)44(9,10)42-15-11-12-31(39)34-20-24-21-35-32-28(36-24)19-30(38(32)23-41-16-17-43(6,7)8)27-22-37(4)29-14-13-25(40-5)18-26(27)29;1-33(2,3)44(9,10)41-15-11-12-31(42)34-20-24-21-35-32-28(36-24)19-30(38(32)23-40-16-17-43(6,7)8)27-22-37(4)29-14-13-25(39-5)18-26(27)29/h13-14,18-19,21-22H,11-12,15-17,20,23H2,1-10H3,(H,34,39);13-14,18-19,21-22H,11-12,15-17,20,23H2,1-10H3,(H,34,42). The van der Waals surface area contributed by atoms with Crippen LogP contribution in [0.1, 0.15) is 78.6 Å². The van der Waals surface area contributed by atoms with Gasteiger partial charge in [-0.15, -0.1) is 0 Å². The van der Waals surface area contributed by atoms with Crippen LogP contribution in [0.2, 0.25) is 87.6 Å². The van der Waals surface area contributed by atoms with Gasteiger partial charge in [0.15, 0.2) is 27.9 Å². The van der Waals surface area contributed by atoms with Gasteiger partial charge in [0.25, 0.3) is 0 Å². The minimum Gasteiger partial charge on any atom is -0.497 e. The highest BCUT2D eigenvalue weighted by Crippen LogP contribution is 2.40. The van der Waals surface area contributed by atoms with E-state index in [9.17, 15) is 4.79 Å². The second-order valence-electron chi connectivity index (χ2n) is 28.8. The van der Waals surface area contributed by atoms with Crippen molar-refractivity contribution in [3.8, 4) is 34.0 Å². The van der Waals surface area contributed by atoms with Crippen LogP contribution < -0.4 is 20.1 Å². The minimum absolute atomic E-state index is 0.00973. The molecule has 0 aliphatic carbocycles. The lowest BCUT2D eigenvalue weighted by Crippen LogP contribution is -2.41. The number of benzene rings is 2. The molecule has 8 aromatic rings. The Balaban J connectivity index is 0.000000251. The number of carbonyl (C=O) groups is 1. The maximum Gasteiger partial charge on any atom is 0.220 e. The number of thiocarbonyl (C=S) groups is 1. The van der Waals surface area contributed by atoms with E-state index in [1.54, 1.807) is 20.4 Å². The average Bonchev–Trinajstić information content (AvgIpc) is 2.22. The van der Waals surface area contributed by atoms with Crippen LogP contribution in [0.15, 0.2) is 73.3 Å².